The average Bonchev–Trinajstić information content (AvgIpc) is 2.82. The Bertz CT molecular complexity index is 1100. The van der Waals surface area contributed by atoms with Crippen molar-refractivity contribution in [1.82, 2.24) is 0 Å². The van der Waals surface area contributed by atoms with Crippen LogP contribution in [0.4, 0.5) is 5.69 Å². The summed E-state index contributed by atoms with van der Waals surface area (Å²) in [5.41, 5.74) is 2.45. The number of carbonyl (C=O) groups is 1. The van der Waals surface area contributed by atoms with Crippen LogP contribution in [0.1, 0.15) is 17.2 Å². The summed E-state index contributed by atoms with van der Waals surface area (Å²) >= 11 is 1.75. The summed E-state index contributed by atoms with van der Waals surface area (Å²) in [5.74, 6) is 1.49. The minimum absolute atomic E-state index is 0.0786. The van der Waals surface area contributed by atoms with Crippen molar-refractivity contribution in [3.63, 3.8) is 0 Å². The number of thioether (sulfide) groups is 1. The first kappa shape index (κ1) is 19.9. The molecule has 0 aliphatic carbocycles. The van der Waals surface area contributed by atoms with Gasteiger partial charge >= 0.3 is 0 Å². The molecule has 1 aliphatic heterocycles. The first-order valence-corrected chi connectivity index (χ1v) is 10.5. The molecule has 150 valence electrons. The molecule has 30 heavy (non-hydrogen) atoms. The molecule has 0 N–H and O–H groups in total. The molecule has 0 radical (unpaired) electrons. The van der Waals surface area contributed by atoms with E-state index in [0.29, 0.717) is 17.1 Å². The second-order valence-electron chi connectivity index (χ2n) is 6.74. The molecule has 0 spiro atoms. The van der Waals surface area contributed by atoms with Gasteiger partial charge in [-0.15, -0.1) is 11.8 Å². The molecule has 1 atom stereocenters. The van der Waals surface area contributed by atoms with Crippen LogP contribution in [0.15, 0.2) is 77.7 Å². The third-order valence-electron chi connectivity index (χ3n) is 4.93. The molecule has 0 aromatic heterocycles. The maximum atomic E-state index is 13.3. The van der Waals surface area contributed by atoms with Gasteiger partial charge in [0.15, 0.2) is 18.1 Å². The first-order valence-electron chi connectivity index (χ1n) is 9.51. The molecule has 3 aromatic rings. The first-order chi connectivity index (χ1) is 14.7. The molecule has 3 aromatic carbocycles. The third kappa shape index (κ3) is 3.98. The van der Waals surface area contributed by atoms with Gasteiger partial charge in [-0.1, -0.05) is 42.5 Å². The Labute approximate surface area is 179 Å². The fourth-order valence-electron chi connectivity index (χ4n) is 3.48. The van der Waals surface area contributed by atoms with E-state index in [9.17, 15) is 4.79 Å². The van der Waals surface area contributed by atoms with Crippen molar-refractivity contribution in [1.29, 1.82) is 5.26 Å². The molecular weight excluding hydrogens is 396 g/mol. The summed E-state index contributed by atoms with van der Waals surface area (Å²) in [5, 5.41) is 9.06. The lowest BCUT2D eigenvalue weighted by Gasteiger charge is -2.37. The van der Waals surface area contributed by atoms with Gasteiger partial charge in [-0.3, -0.25) is 9.69 Å². The smallest absolute Gasteiger partial charge is 0.265 e. The van der Waals surface area contributed by atoms with Crippen LogP contribution in [-0.4, -0.2) is 25.4 Å². The van der Waals surface area contributed by atoms with E-state index in [1.54, 1.807) is 30.0 Å². The SMILES string of the molecule is COc1cc(C#N)ccc1OCC(=O)N1c2ccccc2SC[C@@H]1c1ccccc1. The number of carbonyl (C=O) groups excluding carboxylic acids is 1. The number of nitrogens with zero attached hydrogens (tertiary/aromatic N) is 2. The second kappa shape index (κ2) is 8.93. The number of ether oxygens (including phenoxy) is 2. The summed E-state index contributed by atoms with van der Waals surface area (Å²) in [7, 11) is 1.51. The summed E-state index contributed by atoms with van der Waals surface area (Å²) < 4.78 is 11.1. The minimum atomic E-state index is -0.136. The topological polar surface area (TPSA) is 62.6 Å². The molecule has 4 rings (SSSR count). The van der Waals surface area contributed by atoms with Crippen molar-refractivity contribution in [2.24, 2.45) is 0 Å². The van der Waals surface area contributed by atoms with Crippen LogP contribution in [0.2, 0.25) is 0 Å². The van der Waals surface area contributed by atoms with Gasteiger partial charge in [0.25, 0.3) is 5.91 Å². The maximum Gasteiger partial charge on any atom is 0.265 e. The van der Waals surface area contributed by atoms with Crippen molar-refractivity contribution in [2.45, 2.75) is 10.9 Å². The molecule has 1 heterocycles. The quantitative estimate of drug-likeness (QED) is 0.596. The van der Waals surface area contributed by atoms with E-state index >= 15 is 0 Å². The summed E-state index contributed by atoms with van der Waals surface area (Å²) in [6, 6.07) is 24.8. The van der Waals surface area contributed by atoms with E-state index in [1.165, 1.54) is 7.11 Å². The van der Waals surface area contributed by atoms with Gasteiger partial charge in [-0.25, -0.2) is 0 Å². The van der Waals surface area contributed by atoms with Gasteiger partial charge in [0, 0.05) is 16.7 Å². The molecular formula is C24H20N2O3S. The number of anilines is 1. The van der Waals surface area contributed by atoms with Crippen LogP contribution in [0.5, 0.6) is 11.5 Å². The summed E-state index contributed by atoms with van der Waals surface area (Å²) in [6.07, 6.45) is 0. The number of para-hydroxylation sites is 1. The number of benzene rings is 3. The van der Waals surface area contributed by atoms with Gasteiger partial charge in [-0.2, -0.15) is 5.26 Å². The number of hydrogen-bond donors (Lipinski definition) is 0. The minimum Gasteiger partial charge on any atom is -0.493 e. The monoisotopic (exact) mass is 416 g/mol. The van der Waals surface area contributed by atoms with E-state index < -0.39 is 0 Å². The Morgan fingerprint density at radius 3 is 2.63 bits per heavy atom. The number of methoxy groups -OCH3 is 1. The molecule has 6 heteroatoms. The van der Waals surface area contributed by atoms with E-state index in [2.05, 4.69) is 6.07 Å². The zero-order valence-corrected chi connectivity index (χ0v) is 17.3. The van der Waals surface area contributed by atoms with Crippen molar-refractivity contribution >= 4 is 23.4 Å². The molecule has 5 nitrogen and oxygen atoms in total. The zero-order chi connectivity index (χ0) is 20.9. The highest BCUT2D eigenvalue weighted by Gasteiger charge is 2.32. The van der Waals surface area contributed by atoms with E-state index in [-0.39, 0.29) is 18.6 Å². The molecule has 1 aliphatic rings. The standard InChI is InChI=1S/C24H20N2O3S/c1-28-22-13-17(14-25)11-12-21(22)29-15-24(27)26-19-9-5-6-10-23(19)30-16-20(26)18-7-3-2-4-8-18/h2-13,20H,15-16H2,1H3/t20-/m1/s1. The maximum absolute atomic E-state index is 13.3. The number of fused-ring (bicyclic) bond motifs is 1. The molecule has 1 amide bonds. The number of hydrogen-bond acceptors (Lipinski definition) is 5. The molecule has 0 saturated carbocycles. The second-order valence-corrected chi connectivity index (χ2v) is 7.80. The predicted octanol–water partition coefficient (Wildman–Crippen LogP) is 4.83. The van der Waals surface area contributed by atoms with Crippen molar-refractivity contribution in [3.05, 3.63) is 83.9 Å². The molecule has 0 bridgehead atoms. The van der Waals surface area contributed by atoms with Gasteiger partial charge < -0.3 is 9.47 Å². The Balaban J connectivity index is 1.61. The van der Waals surface area contributed by atoms with E-state index in [0.717, 1.165) is 21.9 Å². The normalized spacial score (nSPS) is 15.1. The van der Waals surface area contributed by atoms with Crippen LogP contribution in [0.3, 0.4) is 0 Å². The van der Waals surface area contributed by atoms with Crippen molar-refractivity contribution < 1.29 is 14.3 Å². The van der Waals surface area contributed by atoms with Crippen LogP contribution in [0.25, 0.3) is 0 Å². The largest absolute Gasteiger partial charge is 0.493 e. The van der Waals surface area contributed by atoms with Gasteiger partial charge in [0.05, 0.1) is 30.5 Å². The third-order valence-corrected chi connectivity index (χ3v) is 6.07. The number of rotatable bonds is 5. The summed E-state index contributed by atoms with van der Waals surface area (Å²) in [4.78, 5) is 16.2. The fraction of sp³-hybridized carbons (Fsp3) is 0.167. The lowest BCUT2D eigenvalue weighted by molar-refractivity contribution is -0.121. The van der Waals surface area contributed by atoms with Crippen LogP contribution < -0.4 is 14.4 Å². The highest BCUT2D eigenvalue weighted by molar-refractivity contribution is 7.99. The Hall–Kier alpha value is -3.43. The van der Waals surface area contributed by atoms with Gasteiger partial charge in [-0.05, 0) is 29.8 Å². The fourth-order valence-corrected chi connectivity index (χ4v) is 4.65. The van der Waals surface area contributed by atoms with Gasteiger partial charge in [0.1, 0.15) is 0 Å². The Morgan fingerprint density at radius 1 is 1.10 bits per heavy atom. The Morgan fingerprint density at radius 2 is 1.87 bits per heavy atom. The van der Waals surface area contributed by atoms with Crippen LogP contribution in [0, 0.1) is 11.3 Å². The van der Waals surface area contributed by atoms with E-state index in [4.69, 9.17) is 14.7 Å². The highest BCUT2D eigenvalue weighted by atomic mass is 32.2. The van der Waals surface area contributed by atoms with Gasteiger partial charge in [0.2, 0.25) is 0 Å². The van der Waals surface area contributed by atoms with E-state index in [1.807, 2.05) is 59.5 Å². The molecule has 0 saturated heterocycles. The predicted molar refractivity (Wildman–Crippen MR) is 117 cm³/mol. The van der Waals surface area contributed by atoms with Crippen molar-refractivity contribution in [3.8, 4) is 17.6 Å². The van der Waals surface area contributed by atoms with Crippen LogP contribution >= 0.6 is 11.8 Å². The van der Waals surface area contributed by atoms with Crippen molar-refractivity contribution in [2.75, 3.05) is 24.4 Å². The number of amides is 1. The molecule has 0 fully saturated rings. The summed E-state index contributed by atoms with van der Waals surface area (Å²) in [6.45, 7) is -0.134. The average molecular weight is 417 g/mol. The number of nitriles is 1. The lowest BCUT2D eigenvalue weighted by atomic mass is 10.1. The zero-order valence-electron chi connectivity index (χ0n) is 16.4. The highest BCUT2D eigenvalue weighted by Crippen LogP contribution is 2.43. The van der Waals surface area contributed by atoms with Crippen LogP contribution in [-0.2, 0) is 4.79 Å². The lowest BCUT2D eigenvalue weighted by Crippen LogP contribution is -2.41. The molecule has 0 unspecified atom stereocenters. The Kier molecular flexibility index (Phi) is 5.92.